The van der Waals surface area contributed by atoms with Crippen molar-refractivity contribution in [2.75, 3.05) is 18.4 Å². The summed E-state index contributed by atoms with van der Waals surface area (Å²) in [6, 6.07) is 9.44. The van der Waals surface area contributed by atoms with E-state index in [2.05, 4.69) is 10.6 Å². The van der Waals surface area contributed by atoms with Gasteiger partial charge >= 0.3 is 6.03 Å². The van der Waals surface area contributed by atoms with Crippen LogP contribution in [0.15, 0.2) is 30.3 Å². The van der Waals surface area contributed by atoms with Gasteiger partial charge in [0.15, 0.2) is 0 Å². The molecule has 1 fully saturated rings. The fourth-order valence-electron chi connectivity index (χ4n) is 2.48. The number of piperidine rings is 1. The Balaban J connectivity index is 1.91. The van der Waals surface area contributed by atoms with Crippen LogP contribution in [0.25, 0.3) is 0 Å². The van der Waals surface area contributed by atoms with Crippen LogP contribution in [-0.2, 0) is 4.79 Å². The number of hydrogen-bond donors (Lipinski definition) is 2. The molecule has 1 heterocycles. The van der Waals surface area contributed by atoms with Gasteiger partial charge in [0.1, 0.15) is 0 Å². The van der Waals surface area contributed by atoms with E-state index in [1.807, 2.05) is 44.2 Å². The number of anilines is 1. The minimum Gasteiger partial charge on any atom is -0.336 e. The first-order valence-corrected chi connectivity index (χ1v) is 7.47. The van der Waals surface area contributed by atoms with Gasteiger partial charge in [-0.25, -0.2) is 4.79 Å². The number of para-hydroxylation sites is 1. The summed E-state index contributed by atoms with van der Waals surface area (Å²) in [5, 5.41) is 5.79. The normalized spacial score (nSPS) is 18.4. The van der Waals surface area contributed by atoms with Crippen molar-refractivity contribution in [2.24, 2.45) is 5.92 Å². The molecule has 1 aliphatic heterocycles. The highest BCUT2D eigenvalue weighted by molar-refractivity contribution is 5.93. The molecule has 1 atom stereocenters. The largest absolute Gasteiger partial charge is 0.336 e. The zero-order valence-corrected chi connectivity index (χ0v) is 12.6. The van der Waals surface area contributed by atoms with Gasteiger partial charge in [-0.2, -0.15) is 0 Å². The van der Waals surface area contributed by atoms with Gasteiger partial charge in [-0.1, -0.05) is 18.2 Å². The number of nitrogens with one attached hydrogen (secondary N) is 2. The lowest BCUT2D eigenvalue weighted by molar-refractivity contribution is -0.121. The topological polar surface area (TPSA) is 61.4 Å². The first kappa shape index (κ1) is 15.4. The number of rotatable bonds is 3. The number of urea groups is 1. The third kappa shape index (κ3) is 4.48. The number of carbonyl (C=O) groups is 2. The summed E-state index contributed by atoms with van der Waals surface area (Å²) in [6.45, 7) is 5.06. The second-order valence-electron chi connectivity index (χ2n) is 5.74. The van der Waals surface area contributed by atoms with E-state index in [1.165, 1.54) is 0 Å². The fourth-order valence-corrected chi connectivity index (χ4v) is 2.48. The molecule has 1 saturated heterocycles. The summed E-state index contributed by atoms with van der Waals surface area (Å²) in [4.78, 5) is 26.0. The second-order valence-corrected chi connectivity index (χ2v) is 5.74. The maximum absolute atomic E-state index is 12.3. The van der Waals surface area contributed by atoms with Gasteiger partial charge in [0.25, 0.3) is 0 Å². The van der Waals surface area contributed by atoms with Crippen molar-refractivity contribution in [1.29, 1.82) is 0 Å². The highest BCUT2D eigenvalue weighted by Gasteiger charge is 2.28. The lowest BCUT2D eigenvalue weighted by Gasteiger charge is -2.32. The number of carbonyl (C=O) groups excluding carboxylic acids is 2. The van der Waals surface area contributed by atoms with Crippen LogP contribution in [0, 0.1) is 5.92 Å². The summed E-state index contributed by atoms with van der Waals surface area (Å²) in [6.07, 6.45) is 1.68. The zero-order chi connectivity index (χ0) is 15.2. The van der Waals surface area contributed by atoms with Crippen molar-refractivity contribution in [2.45, 2.75) is 32.7 Å². The Kier molecular flexibility index (Phi) is 5.20. The molecule has 1 aromatic rings. The molecule has 0 aromatic heterocycles. The fraction of sp³-hybridized carbons (Fsp3) is 0.500. The molecule has 114 valence electrons. The Morgan fingerprint density at radius 1 is 1.24 bits per heavy atom. The van der Waals surface area contributed by atoms with E-state index in [0.29, 0.717) is 13.1 Å². The quantitative estimate of drug-likeness (QED) is 0.898. The van der Waals surface area contributed by atoms with E-state index in [4.69, 9.17) is 0 Å². The highest BCUT2D eigenvalue weighted by atomic mass is 16.2. The van der Waals surface area contributed by atoms with Crippen LogP contribution in [0.2, 0.25) is 0 Å². The molecule has 0 radical (unpaired) electrons. The molecule has 5 nitrogen and oxygen atoms in total. The van der Waals surface area contributed by atoms with Crippen molar-refractivity contribution in [3.05, 3.63) is 30.3 Å². The van der Waals surface area contributed by atoms with E-state index in [0.717, 1.165) is 18.5 Å². The minimum absolute atomic E-state index is 0.0109. The van der Waals surface area contributed by atoms with Gasteiger partial charge in [-0.15, -0.1) is 0 Å². The van der Waals surface area contributed by atoms with Gasteiger partial charge in [-0.3, -0.25) is 4.79 Å². The zero-order valence-electron chi connectivity index (χ0n) is 12.6. The lowest BCUT2D eigenvalue weighted by Crippen LogP contribution is -2.49. The Bertz CT molecular complexity index is 488. The average Bonchev–Trinajstić information content (AvgIpc) is 2.47. The summed E-state index contributed by atoms with van der Waals surface area (Å²) in [7, 11) is 0. The molecule has 2 rings (SSSR count). The van der Waals surface area contributed by atoms with E-state index < -0.39 is 0 Å². The van der Waals surface area contributed by atoms with Gasteiger partial charge < -0.3 is 15.5 Å². The van der Waals surface area contributed by atoms with E-state index >= 15 is 0 Å². The Morgan fingerprint density at radius 2 is 1.95 bits per heavy atom. The SMILES string of the molecule is CC(C)NC(=O)N1CCCC(C(=O)Nc2ccccc2)C1. The molecule has 1 aliphatic rings. The van der Waals surface area contributed by atoms with Gasteiger partial charge in [0.2, 0.25) is 5.91 Å². The van der Waals surface area contributed by atoms with Crippen LogP contribution in [0.5, 0.6) is 0 Å². The van der Waals surface area contributed by atoms with Crippen LogP contribution in [0.3, 0.4) is 0 Å². The molecular weight excluding hydrogens is 266 g/mol. The van der Waals surface area contributed by atoms with Gasteiger partial charge in [0, 0.05) is 24.8 Å². The smallest absolute Gasteiger partial charge is 0.317 e. The van der Waals surface area contributed by atoms with Crippen molar-refractivity contribution in [3.63, 3.8) is 0 Å². The maximum Gasteiger partial charge on any atom is 0.317 e. The summed E-state index contributed by atoms with van der Waals surface area (Å²) in [5.41, 5.74) is 0.797. The molecule has 2 N–H and O–H groups in total. The minimum atomic E-state index is -0.142. The number of likely N-dealkylation sites (tertiary alicyclic amines) is 1. The first-order chi connectivity index (χ1) is 10.1. The Morgan fingerprint density at radius 3 is 2.62 bits per heavy atom. The van der Waals surface area contributed by atoms with Gasteiger partial charge in [0.05, 0.1) is 5.92 Å². The summed E-state index contributed by atoms with van der Waals surface area (Å²) >= 11 is 0. The van der Waals surface area contributed by atoms with Crippen LogP contribution < -0.4 is 10.6 Å². The predicted molar refractivity (Wildman–Crippen MR) is 83.0 cm³/mol. The Labute approximate surface area is 125 Å². The first-order valence-electron chi connectivity index (χ1n) is 7.47. The standard InChI is InChI=1S/C16H23N3O2/c1-12(2)17-16(21)19-10-6-7-13(11-19)15(20)18-14-8-4-3-5-9-14/h3-5,8-9,12-13H,6-7,10-11H2,1-2H3,(H,17,21)(H,18,20). The summed E-state index contributed by atoms with van der Waals surface area (Å²) < 4.78 is 0. The monoisotopic (exact) mass is 289 g/mol. The molecule has 5 heteroatoms. The lowest BCUT2D eigenvalue weighted by atomic mass is 9.97. The van der Waals surface area contributed by atoms with Crippen LogP contribution >= 0.6 is 0 Å². The molecule has 1 aromatic carbocycles. The molecule has 21 heavy (non-hydrogen) atoms. The maximum atomic E-state index is 12.3. The number of nitrogens with zero attached hydrogens (tertiary/aromatic N) is 1. The molecule has 0 aliphatic carbocycles. The van der Waals surface area contributed by atoms with Crippen LogP contribution in [-0.4, -0.2) is 36.0 Å². The Hall–Kier alpha value is -2.04. The molecule has 1 unspecified atom stereocenters. The highest BCUT2D eigenvalue weighted by Crippen LogP contribution is 2.19. The van der Waals surface area contributed by atoms with Crippen LogP contribution in [0.4, 0.5) is 10.5 Å². The van der Waals surface area contributed by atoms with Gasteiger partial charge in [-0.05, 0) is 38.8 Å². The molecule has 3 amide bonds. The van der Waals surface area contributed by atoms with Crippen molar-refractivity contribution >= 4 is 17.6 Å². The third-order valence-corrected chi connectivity index (χ3v) is 3.53. The molecule has 0 saturated carbocycles. The molecule has 0 spiro atoms. The molecule has 0 bridgehead atoms. The van der Waals surface area contributed by atoms with Crippen LogP contribution in [0.1, 0.15) is 26.7 Å². The van der Waals surface area contributed by atoms with Crippen molar-refractivity contribution in [3.8, 4) is 0 Å². The predicted octanol–water partition coefficient (Wildman–Crippen LogP) is 2.46. The number of hydrogen-bond acceptors (Lipinski definition) is 2. The average molecular weight is 289 g/mol. The number of benzene rings is 1. The van der Waals surface area contributed by atoms with E-state index in [9.17, 15) is 9.59 Å². The molecular formula is C16H23N3O2. The van der Waals surface area contributed by atoms with Crippen molar-refractivity contribution < 1.29 is 9.59 Å². The van der Waals surface area contributed by atoms with E-state index in [1.54, 1.807) is 4.90 Å². The summed E-state index contributed by atoms with van der Waals surface area (Å²) in [5.74, 6) is -0.153. The third-order valence-electron chi connectivity index (χ3n) is 3.53. The van der Waals surface area contributed by atoms with E-state index in [-0.39, 0.29) is 23.9 Å². The second kappa shape index (κ2) is 7.11. The van der Waals surface area contributed by atoms with Crippen molar-refractivity contribution in [1.82, 2.24) is 10.2 Å². The number of amides is 3.